The molecule has 13 heteroatoms. The number of amides is 2. The maximum absolute atomic E-state index is 13.6. The molecule has 0 spiro atoms. The van der Waals surface area contributed by atoms with Crippen LogP contribution in [0, 0.1) is 13.8 Å². The third-order valence-electron chi connectivity index (χ3n) is 6.97. The lowest BCUT2D eigenvalue weighted by molar-refractivity contribution is -0.274. The highest BCUT2D eigenvalue weighted by Crippen LogP contribution is 2.32. The van der Waals surface area contributed by atoms with Crippen LogP contribution in [0.3, 0.4) is 0 Å². The molecule has 5 rings (SSSR count). The molecule has 0 saturated heterocycles. The van der Waals surface area contributed by atoms with E-state index in [0.717, 1.165) is 40.6 Å². The second-order valence-electron chi connectivity index (χ2n) is 10.5. The number of aliphatic imine (C=N–C) groups is 1. The van der Waals surface area contributed by atoms with E-state index in [9.17, 15) is 22.8 Å². The van der Waals surface area contributed by atoms with Gasteiger partial charge in [-0.2, -0.15) is 0 Å². The third kappa shape index (κ3) is 8.69. The molecule has 0 aromatic heterocycles. The van der Waals surface area contributed by atoms with E-state index >= 15 is 0 Å². The highest BCUT2D eigenvalue weighted by Gasteiger charge is 2.33. The summed E-state index contributed by atoms with van der Waals surface area (Å²) >= 11 is 7.32. The summed E-state index contributed by atoms with van der Waals surface area (Å²) < 4.78 is 52.8. The minimum atomic E-state index is -4.82. The Morgan fingerprint density at radius 3 is 2.31 bits per heavy atom. The number of nitrogens with zero attached hydrogens (tertiary/aromatic N) is 2. The molecule has 248 valence electrons. The fraction of sp³-hybridized carbons (Fsp3) is 0.171. The van der Waals surface area contributed by atoms with Crippen LogP contribution in [0.25, 0.3) is 6.08 Å². The van der Waals surface area contributed by atoms with Crippen molar-refractivity contribution in [2.75, 3.05) is 23.1 Å². The summed E-state index contributed by atoms with van der Waals surface area (Å²) in [6, 6.07) is 22.9. The van der Waals surface area contributed by atoms with Crippen molar-refractivity contribution < 1.29 is 37.0 Å². The van der Waals surface area contributed by atoms with Crippen LogP contribution < -0.4 is 24.4 Å². The molecular weight excluding hydrogens is 667 g/mol. The molecular formula is C35H29ClF3N3O5S. The van der Waals surface area contributed by atoms with Crippen molar-refractivity contribution in [3.8, 4) is 17.2 Å². The van der Waals surface area contributed by atoms with Gasteiger partial charge in [-0.1, -0.05) is 53.7 Å². The first kappa shape index (κ1) is 34.4. The molecule has 0 radical (unpaired) electrons. The van der Waals surface area contributed by atoms with E-state index in [-0.39, 0.29) is 34.8 Å². The molecule has 0 saturated carbocycles. The minimum Gasteiger partial charge on any atom is -0.496 e. The van der Waals surface area contributed by atoms with Crippen molar-refractivity contribution in [1.82, 2.24) is 0 Å². The van der Waals surface area contributed by atoms with Gasteiger partial charge >= 0.3 is 6.36 Å². The van der Waals surface area contributed by atoms with Gasteiger partial charge in [-0.3, -0.25) is 14.5 Å². The van der Waals surface area contributed by atoms with Gasteiger partial charge in [0.1, 0.15) is 29.6 Å². The summed E-state index contributed by atoms with van der Waals surface area (Å²) in [6.07, 6.45) is -3.18. The van der Waals surface area contributed by atoms with E-state index < -0.39 is 18.0 Å². The van der Waals surface area contributed by atoms with Crippen molar-refractivity contribution in [1.29, 1.82) is 0 Å². The molecule has 8 nitrogen and oxygen atoms in total. The minimum absolute atomic E-state index is 0.126. The number of benzene rings is 4. The van der Waals surface area contributed by atoms with Gasteiger partial charge in [0.15, 0.2) is 5.17 Å². The van der Waals surface area contributed by atoms with Gasteiger partial charge in [-0.05, 0) is 91.2 Å². The lowest BCUT2D eigenvalue weighted by atomic mass is 10.1. The third-order valence-corrected chi connectivity index (χ3v) is 8.50. The number of alkyl halides is 3. The Hall–Kier alpha value is -4.94. The van der Waals surface area contributed by atoms with Crippen molar-refractivity contribution in [3.05, 3.63) is 118 Å². The highest BCUT2D eigenvalue weighted by atomic mass is 35.5. The molecule has 1 aliphatic heterocycles. The first-order valence-electron chi connectivity index (χ1n) is 14.4. The van der Waals surface area contributed by atoms with Gasteiger partial charge in [0.05, 0.1) is 18.6 Å². The number of amidine groups is 1. The van der Waals surface area contributed by atoms with Crippen molar-refractivity contribution >= 4 is 57.8 Å². The topological polar surface area (TPSA) is 89.5 Å². The van der Waals surface area contributed by atoms with E-state index in [0.29, 0.717) is 27.8 Å². The van der Waals surface area contributed by atoms with E-state index in [4.69, 9.17) is 21.1 Å². The van der Waals surface area contributed by atoms with Gasteiger partial charge < -0.3 is 19.5 Å². The summed E-state index contributed by atoms with van der Waals surface area (Å²) in [5.41, 5.74) is 4.28. The Kier molecular flexibility index (Phi) is 10.7. The van der Waals surface area contributed by atoms with Crippen LogP contribution in [0.4, 0.5) is 24.5 Å². The van der Waals surface area contributed by atoms with Gasteiger partial charge in [0, 0.05) is 16.3 Å². The number of aryl methyl sites for hydroxylation is 2. The van der Waals surface area contributed by atoms with Crippen LogP contribution in [0.15, 0.2) is 95.6 Å². The number of rotatable bonds is 10. The smallest absolute Gasteiger partial charge is 0.496 e. The number of hydrogen-bond acceptors (Lipinski definition) is 7. The zero-order chi connectivity index (χ0) is 34.4. The molecule has 4 aromatic carbocycles. The quantitative estimate of drug-likeness (QED) is 0.167. The maximum atomic E-state index is 13.6. The number of hydrogen-bond donors (Lipinski definition) is 1. The molecule has 48 heavy (non-hydrogen) atoms. The lowest BCUT2D eigenvalue weighted by Crippen LogP contribution is -2.31. The Balaban J connectivity index is 1.31. The van der Waals surface area contributed by atoms with E-state index in [2.05, 4.69) is 15.0 Å². The van der Waals surface area contributed by atoms with Crippen LogP contribution in [-0.2, 0) is 16.2 Å². The van der Waals surface area contributed by atoms with Gasteiger partial charge in [0.25, 0.3) is 5.91 Å². The van der Waals surface area contributed by atoms with Crippen molar-refractivity contribution in [3.63, 3.8) is 0 Å². The number of halogens is 4. The summed E-state index contributed by atoms with van der Waals surface area (Å²) in [4.78, 5) is 32.3. The van der Waals surface area contributed by atoms with Crippen LogP contribution in [-0.4, -0.2) is 36.2 Å². The predicted molar refractivity (Wildman–Crippen MR) is 182 cm³/mol. The largest absolute Gasteiger partial charge is 0.573 e. The lowest BCUT2D eigenvalue weighted by Gasteiger charge is -2.17. The Morgan fingerprint density at radius 1 is 0.979 bits per heavy atom. The standard InChI is InChI=1S/C35H29ClF3N3O5S/c1-21-15-28(16-22(2)32(21)36)46-19-24-10-9-23(18-30(24)45-3)17-29-33(44)42(26-7-5-4-6-8-26)34(41-29)48-20-31(43)40-25-11-13-27(14-12-25)47-35(37,38)39/h4-18H,19-20H2,1-3H3,(H,40,43)/b29-17+. The number of anilines is 2. The van der Waals surface area contributed by atoms with Gasteiger partial charge in [0.2, 0.25) is 5.91 Å². The van der Waals surface area contributed by atoms with Crippen molar-refractivity contribution in [2.24, 2.45) is 4.99 Å². The first-order valence-corrected chi connectivity index (χ1v) is 15.8. The van der Waals surface area contributed by atoms with Crippen LogP contribution in [0.5, 0.6) is 17.2 Å². The molecule has 4 aromatic rings. The summed E-state index contributed by atoms with van der Waals surface area (Å²) in [5.74, 6) is -0.123. The second kappa shape index (κ2) is 14.9. The SMILES string of the molecule is COc1cc(/C=C2/N=C(SCC(=O)Nc3ccc(OC(F)(F)F)cc3)N(c3ccccc3)C2=O)ccc1COc1cc(C)c(Cl)c(C)c1. The van der Waals surface area contributed by atoms with Gasteiger partial charge in [-0.25, -0.2) is 4.99 Å². The van der Waals surface area contributed by atoms with E-state index in [1.807, 2.05) is 44.2 Å². The fourth-order valence-corrected chi connectivity index (χ4v) is 5.67. The molecule has 1 aliphatic rings. The molecule has 0 atom stereocenters. The normalized spacial score (nSPS) is 13.8. The molecule has 0 unspecified atom stereocenters. The second-order valence-corrected chi connectivity index (χ2v) is 11.9. The number of para-hydroxylation sites is 1. The molecule has 1 N–H and O–H groups in total. The molecule has 2 amide bonds. The number of nitrogens with one attached hydrogen (secondary N) is 1. The Morgan fingerprint density at radius 2 is 1.67 bits per heavy atom. The summed E-state index contributed by atoms with van der Waals surface area (Å²) in [6.45, 7) is 4.07. The molecule has 0 fully saturated rings. The number of ether oxygens (including phenoxy) is 3. The van der Waals surface area contributed by atoms with Crippen molar-refractivity contribution in [2.45, 2.75) is 26.8 Å². The molecule has 0 bridgehead atoms. The Bertz CT molecular complexity index is 1860. The predicted octanol–water partition coefficient (Wildman–Crippen LogP) is 8.56. The van der Waals surface area contributed by atoms with Crippen LogP contribution >= 0.6 is 23.4 Å². The zero-order valence-corrected chi connectivity index (χ0v) is 27.5. The number of methoxy groups -OCH3 is 1. The fourth-order valence-electron chi connectivity index (χ4n) is 4.74. The summed E-state index contributed by atoms with van der Waals surface area (Å²) in [7, 11) is 1.55. The first-order chi connectivity index (χ1) is 22.9. The van der Waals surface area contributed by atoms with Gasteiger partial charge in [-0.15, -0.1) is 13.2 Å². The molecule has 1 heterocycles. The average molecular weight is 696 g/mol. The highest BCUT2D eigenvalue weighted by molar-refractivity contribution is 8.14. The van der Waals surface area contributed by atoms with E-state index in [1.165, 1.54) is 17.0 Å². The Labute approximate surface area is 284 Å². The molecule has 0 aliphatic carbocycles. The van der Waals surface area contributed by atoms with Crippen LogP contribution in [0.2, 0.25) is 5.02 Å². The van der Waals surface area contributed by atoms with Crippen LogP contribution in [0.1, 0.15) is 22.3 Å². The van der Waals surface area contributed by atoms with E-state index in [1.54, 1.807) is 43.5 Å². The summed E-state index contributed by atoms with van der Waals surface area (Å²) in [5, 5.41) is 3.60. The monoisotopic (exact) mass is 695 g/mol. The number of carbonyl (C=O) groups is 2. The average Bonchev–Trinajstić information content (AvgIpc) is 3.36. The zero-order valence-electron chi connectivity index (χ0n) is 25.9. The number of carbonyl (C=O) groups excluding carboxylic acids is 2. The number of thioether (sulfide) groups is 1. The maximum Gasteiger partial charge on any atom is 0.573 e.